The number of hydrogen-bond acceptors (Lipinski definition) is 6. The second-order valence-corrected chi connectivity index (χ2v) is 17.8. The average molecular weight is 825 g/mol. The molecule has 1 atom stereocenters. The normalized spacial score (nSPS) is 12.4. The van der Waals surface area contributed by atoms with Crippen molar-refractivity contribution in [2.24, 2.45) is 11.8 Å². The minimum Gasteiger partial charge on any atom is -0.395 e. The molecule has 0 saturated heterocycles. The van der Waals surface area contributed by atoms with E-state index in [0.29, 0.717) is 19.1 Å². The van der Waals surface area contributed by atoms with Gasteiger partial charge in [-0.3, -0.25) is 4.79 Å². The van der Waals surface area contributed by atoms with E-state index in [1.807, 2.05) is 0 Å². The van der Waals surface area contributed by atoms with Gasteiger partial charge < -0.3 is 29.5 Å². The summed E-state index contributed by atoms with van der Waals surface area (Å²) in [5, 5.41) is 13.3. The Bertz CT molecular complexity index is 771. The van der Waals surface area contributed by atoms with Crippen molar-refractivity contribution in [3.63, 3.8) is 0 Å². The summed E-state index contributed by atoms with van der Waals surface area (Å²) in [4.78, 5) is 16.1. The zero-order valence-corrected chi connectivity index (χ0v) is 40.0. The minimum absolute atomic E-state index is 0.0761. The Kier molecular flexibility index (Phi) is 46.7. The van der Waals surface area contributed by atoms with Crippen LogP contribution in [-0.4, -0.2) is 81.4 Å². The van der Waals surface area contributed by atoms with E-state index in [2.05, 4.69) is 44.8 Å². The van der Waals surface area contributed by atoms with Gasteiger partial charge in [0.1, 0.15) is 0 Å². The zero-order chi connectivity index (χ0) is 42.4. The van der Waals surface area contributed by atoms with Crippen LogP contribution in [0.15, 0.2) is 0 Å². The molecule has 0 aromatic carbocycles. The summed E-state index contributed by atoms with van der Waals surface area (Å²) in [5.74, 6) is 0.692. The molecular formula is C51H104N2O5. The number of hydrogen-bond donors (Lipinski definition) is 2. The second-order valence-electron chi connectivity index (χ2n) is 17.8. The van der Waals surface area contributed by atoms with E-state index in [-0.39, 0.29) is 24.7 Å². The summed E-state index contributed by atoms with van der Waals surface area (Å²) in [6, 6.07) is 0. The predicted octanol–water partition coefficient (Wildman–Crippen LogP) is 14.0. The molecule has 1 amide bonds. The van der Waals surface area contributed by atoms with Crippen LogP contribution < -0.4 is 5.32 Å². The van der Waals surface area contributed by atoms with Crippen LogP contribution in [0, 0.1) is 11.8 Å². The van der Waals surface area contributed by atoms with E-state index >= 15 is 0 Å². The van der Waals surface area contributed by atoms with Gasteiger partial charge in [-0.2, -0.15) is 0 Å². The van der Waals surface area contributed by atoms with Gasteiger partial charge in [0.05, 0.1) is 19.1 Å². The Morgan fingerprint density at radius 3 is 1.43 bits per heavy atom. The summed E-state index contributed by atoms with van der Waals surface area (Å²) in [7, 11) is 0. The van der Waals surface area contributed by atoms with Gasteiger partial charge in [-0.25, -0.2) is 0 Å². The van der Waals surface area contributed by atoms with Gasteiger partial charge in [0, 0.05) is 32.9 Å². The van der Waals surface area contributed by atoms with E-state index in [1.54, 1.807) is 0 Å². The molecule has 0 aromatic rings. The summed E-state index contributed by atoms with van der Waals surface area (Å²) in [5.41, 5.74) is 0. The summed E-state index contributed by atoms with van der Waals surface area (Å²) in [6.45, 7) is 17.9. The van der Waals surface area contributed by atoms with Crippen LogP contribution in [0.2, 0.25) is 0 Å². The maximum absolute atomic E-state index is 13.6. The van der Waals surface area contributed by atoms with Crippen molar-refractivity contribution < 1.29 is 24.1 Å². The van der Waals surface area contributed by atoms with Gasteiger partial charge in [-0.1, -0.05) is 182 Å². The Morgan fingerprint density at radius 1 is 0.483 bits per heavy atom. The topological polar surface area (TPSA) is 80.3 Å². The van der Waals surface area contributed by atoms with E-state index in [4.69, 9.17) is 14.2 Å². The Hall–Kier alpha value is -0.730. The second kappa shape index (κ2) is 47.3. The molecule has 58 heavy (non-hydrogen) atoms. The number of carbonyl (C=O) groups excluding carboxylic acids is 1. The van der Waals surface area contributed by atoms with Gasteiger partial charge in [0.25, 0.3) is 0 Å². The number of rotatable bonds is 49. The van der Waals surface area contributed by atoms with Gasteiger partial charge in [0.15, 0.2) is 6.29 Å². The quantitative estimate of drug-likeness (QED) is 0.0470. The Labute approximate surface area is 363 Å². The lowest BCUT2D eigenvalue weighted by Gasteiger charge is -2.23. The lowest BCUT2D eigenvalue weighted by Crippen LogP contribution is -2.37. The number of aliphatic hydroxyl groups excluding tert-OH is 1. The summed E-state index contributed by atoms with van der Waals surface area (Å²) in [6.07, 6.45) is 40.0. The number of nitrogens with one attached hydrogen (secondary N) is 1. The number of carbonyl (C=O) groups is 1. The molecular weight excluding hydrogens is 721 g/mol. The molecule has 0 aliphatic rings. The van der Waals surface area contributed by atoms with Crippen LogP contribution in [0.25, 0.3) is 0 Å². The summed E-state index contributed by atoms with van der Waals surface area (Å²) >= 11 is 0. The first-order valence-corrected chi connectivity index (χ1v) is 26.0. The molecule has 0 spiro atoms. The molecule has 348 valence electrons. The van der Waals surface area contributed by atoms with Crippen molar-refractivity contribution >= 4 is 5.91 Å². The molecule has 7 nitrogen and oxygen atoms in total. The fourth-order valence-corrected chi connectivity index (χ4v) is 8.04. The molecule has 1 unspecified atom stereocenters. The molecule has 0 aromatic heterocycles. The Morgan fingerprint density at radius 2 is 0.897 bits per heavy atom. The molecule has 0 heterocycles. The third-order valence-corrected chi connectivity index (χ3v) is 12.0. The van der Waals surface area contributed by atoms with Crippen LogP contribution in [0.1, 0.15) is 247 Å². The van der Waals surface area contributed by atoms with Crippen molar-refractivity contribution in [1.82, 2.24) is 10.2 Å². The maximum atomic E-state index is 13.6. The van der Waals surface area contributed by atoms with E-state index in [0.717, 1.165) is 104 Å². The van der Waals surface area contributed by atoms with Gasteiger partial charge >= 0.3 is 0 Å². The van der Waals surface area contributed by atoms with Crippen LogP contribution in [-0.2, 0) is 19.0 Å². The van der Waals surface area contributed by atoms with Crippen LogP contribution in [0.3, 0.4) is 0 Å². The largest absolute Gasteiger partial charge is 0.395 e. The van der Waals surface area contributed by atoms with Gasteiger partial charge in [0.2, 0.25) is 5.91 Å². The van der Waals surface area contributed by atoms with E-state index in [9.17, 15) is 9.90 Å². The highest BCUT2D eigenvalue weighted by Crippen LogP contribution is 2.20. The highest BCUT2D eigenvalue weighted by Gasteiger charge is 2.20. The molecule has 0 bridgehead atoms. The van der Waals surface area contributed by atoms with E-state index < -0.39 is 0 Å². The SMILES string of the molecule is CCCCCCCCOC(CCCCCN(CCO)CCCCC(COCCCCCC)C(=O)NCC(CCCCCC)CCCCCC)OCCCCCCCC. The molecule has 7 heteroatoms. The molecule has 0 saturated carbocycles. The molecule has 0 aliphatic heterocycles. The smallest absolute Gasteiger partial charge is 0.225 e. The number of unbranched alkanes of at least 4 members (excludes halogenated alkanes) is 22. The number of aliphatic hydroxyl groups is 1. The Balaban J connectivity index is 4.89. The summed E-state index contributed by atoms with van der Waals surface area (Å²) < 4.78 is 18.7. The van der Waals surface area contributed by atoms with Crippen LogP contribution in [0.4, 0.5) is 0 Å². The average Bonchev–Trinajstić information content (AvgIpc) is 3.23. The first kappa shape index (κ1) is 57.3. The van der Waals surface area contributed by atoms with Gasteiger partial charge in [-0.05, 0) is 83.2 Å². The minimum atomic E-state index is -0.0854. The highest BCUT2D eigenvalue weighted by molar-refractivity contribution is 5.78. The van der Waals surface area contributed by atoms with Crippen molar-refractivity contribution in [1.29, 1.82) is 0 Å². The third-order valence-electron chi connectivity index (χ3n) is 12.0. The van der Waals surface area contributed by atoms with Crippen LogP contribution in [0.5, 0.6) is 0 Å². The van der Waals surface area contributed by atoms with Gasteiger partial charge in [-0.15, -0.1) is 0 Å². The zero-order valence-electron chi connectivity index (χ0n) is 40.0. The fourth-order valence-electron chi connectivity index (χ4n) is 8.04. The lowest BCUT2D eigenvalue weighted by atomic mass is 9.94. The van der Waals surface area contributed by atoms with E-state index in [1.165, 1.54) is 148 Å². The number of nitrogens with zero attached hydrogens (tertiary/aromatic N) is 1. The molecule has 0 radical (unpaired) electrons. The molecule has 0 aliphatic carbocycles. The molecule has 0 fully saturated rings. The van der Waals surface area contributed by atoms with Crippen molar-refractivity contribution in [2.45, 2.75) is 253 Å². The monoisotopic (exact) mass is 825 g/mol. The van der Waals surface area contributed by atoms with Crippen molar-refractivity contribution in [3.8, 4) is 0 Å². The first-order chi connectivity index (χ1) is 28.6. The van der Waals surface area contributed by atoms with Crippen molar-refractivity contribution in [2.75, 3.05) is 59.2 Å². The number of ether oxygens (including phenoxy) is 3. The predicted molar refractivity (Wildman–Crippen MR) is 251 cm³/mol. The fraction of sp³-hybridized carbons (Fsp3) is 0.980. The lowest BCUT2D eigenvalue weighted by molar-refractivity contribution is -0.148. The standard InChI is InChI=1S/C51H104N2O5/c1-6-11-16-21-23-33-44-57-50(58-45-34-24-22-17-12-7-2)38-28-25-30-39-53(41-42-54)40-31-29-37-49(47-56-43-32-20-15-10-5)51(55)52-46-48(35-26-18-13-8-3)36-27-19-14-9-4/h48-50,54H,6-47H2,1-5H3,(H,52,55). The maximum Gasteiger partial charge on any atom is 0.225 e. The molecule has 0 rings (SSSR count). The first-order valence-electron chi connectivity index (χ1n) is 26.0. The molecule has 2 N–H and O–H groups in total. The highest BCUT2D eigenvalue weighted by atomic mass is 16.7. The third kappa shape index (κ3) is 39.4. The number of amides is 1. The van der Waals surface area contributed by atoms with Crippen molar-refractivity contribution in [3.05, 3.63) is 0 Å². The van der Waals surface area contributed by atoms with Crippen LogP contribution >= 0.6 is 0 Å².